The third kappa shape index (κ3) is 1.48. The highest BCUT2D eigenvalue weighted by molar-refractivity contribution is 7.23. The molecule has 0 atom stereocenters. The highest BCUT2D eigenvalue weighted by atomic mass is 35.5. The van der Waals surface area contributed by atoms with Gasteiger partial charge in [0.15, 0.2) is 4.96 Å². The third-order valence-corrected chi connectivity index (χ3v) is 4.18. The molecule has 86 valence electrons. The predicted octanol–water partition coefficient (Wildman–Crippen LogP) is 3.18. The third-order valence-electron chi connectivity index (χ3n) is 2.77. The molecule has 0 N–H and O–H groups in total. The summed E-state index contributed by atoms with van der Waals surface area (Å²) >= 11 is 7.60. The standard InChI is InChI=1S/C12H9ClN2OS/c1-6-5-10(16)15-11-7(2)8(13)3-4-9(11)17-12(15)14-6/h3-5H,1-2H3. The van der Waals surface area contributed by atoms with Gasteiger partial charge in [-0.1, -0.05) is 22.9 Å². The Labute approximate surface area is 106 Å². The van der Waals surface area contributed by atoms with Crippen molar-refractivity contribution in [3.63, 3.8) is 0 Å². The Kier molecular flexibility index (Phi) is 2.24. The van der Waals surface area contributed by atoms with Crippen molar-refractivity contribution in [1.82, 2.24) is 9.38 Å². The fraction of sp³-hybridized carbons (Fsp3) is 0.167. The van der Waals surface area contributed by atoms with Gasteiger partial charge >= 0.3 is 0 Å². The van der Waals surface area contributed by atoms with Crippen LogP contribution < -0.4 is 5.56 Å². The van der Waals surface area contributed by atoms with Gasteiger partial charge in [-0.3, -0.25) is 9.20 Å². The first-order valence-corrected chi connectivity index (χ1v) is 6.35. The zero-order valence-corrected chi connectivity index (χ0v) is 10.9. The molecular weight excluding hydrogens is 256 g/mol. The number of nitrogens with zero attached hydrogens (tertiary/aromatic N) is 2. The van der Waals surface area contributed by atoms with Crippen molar-refractivity contribution in [2.45, 2.75) is 13.8 Å². The zero-order valence-electron chi connectivity index (χ0n) is 9.32. The van der Waals surface area contributed by atoms with Crippen molar-refractivity contribution in [2.75, 3.05) is 0 Å². The summed E-state index contributed by atoms with van der Waals surface area (Å²) in [4.78, 5) is 17.1. The van der Waals surface area contributed by atoms with Crippen molar-refractivity contribution < 1.29 is 0 Å². The molecule has 0 aliphatic rings. The summed E-state index contributed by atoms with van der Waals surface area (Å²) in [5, 5.41) is 0.671. The number of benzene rings is 1. The lowest BCUT2D eigenvalue weighted by molar-refractivity contribution is 1.07. The van der Waals surface area contributed by atoms with Gasteiger partial charge in [0.05, 0.1) is 10.2 Å². The average Bonchev–Trinajstić information content (AvgIpc) is 2.62. The number of fused-ring (bicyclic) bond motifs is 3. The van der Waals surface area contributed by atoms with E-state index in [2.05, 4.69) is 4.98 Å². The maximum Gasteiger partial charge on any atom is 0.259 e. The van der Waals surface area contributed by atoms with Crippen LogP contribution in [0, 0.1) is 13.8 Å². The van der Waals surface area contributed by atoms with E-state index in [0.717, 1.165) is 26.4 Å². The number of aryl methyl sites for hydroxylation is 2. The molecule has 3 aromatic rings. The van der Waals surface area contributed by atoms with E-state index < -0.39 is 0 Å². The molecule has 0 aliphatic heterocycles. The van der Waals surface area contributed by atoms with Crippen molar-refractivity contribution in [3.05, 3.63) is 44.8 Å². The van der Waals surface area contributed by atoms with Crippen LogP contribution in [0.4, 0.5) is 0 Å². The Hall–Kier alpha value is -1.39. The second kappa shape index (κ2) is 3.55. The van der Waals surface area contributed by atoms with Crippen molar-refractivity contribution in [3.8, 4) is 0 Å². The summed E-state index contributed by atoms with van der Waals surface area (Å²) in [7, 11) is 0. The van der Waals surface area contributed by atoms with E-state index in [1.165, 1.54) is 11.3 Å². The first kappa shape index (κ1) is 10.7. The van der Waals surface area contributed by atoms with Gasteiger partial charge in [0.25, 0.3) is 5.56 Å². The quantitative estimate of drug-likeness (QED) is 0.625. The molecule has 2 heterocycles. The lowest BCUT2D eigenvalue weighted by atomic mass is 10.2. The average molecular weight is 265 g/mol. The molecule has 0 aliphatic carbocycles. The molecule has 0 amide bonds. The molecule has 0 bridgehead atoms. The molecule has 0 unspecified atom stereocenters. The van der Waals surface area contributed by atoms with Gasteiger partial charge in [-0.05, 0) is 31.5 Å². The summed E-state index contributed by atoms with van der Waals surface area (Å²) in [6.07, 6.45) is 0. The molecule has 2 aromatic heterocycles. The molecule has 0 fully saturated rings. The van der Waals surface area contributed by atoms with E-state index in [9.17, 15) is 4.79 Å². The van der Waals surface area contributed by atoms with Crippen LogP contribution in [0.2, 0.25) is 5.02 Å². The molecule has 17 heavy (non-hydrogen) atoms. The zero-order chi connectivity index (χ0) is 12.2. The van der Waals surface area contributed by atoms with E-state index >= 15 is 0 Å². The number of halogens is 1. The minimum atomic E-state index is -0.0517. The number of hydrogen-bond donors (Lipinski definition) is 0. The van der Waals surface area contributed by atoms with Crippen molar-refractivity contribution in [1.29, 1.82) is 0 Å². The summed E-state index contributed by atoms with van der Waals surface area (Å²) in [5.41, 5.74) is 2.48. The molecule has 0 saturated heterocycles. The smallest absolute Gasteiger partial charge is 0.259 e. The van der Waals surface area contributed by atoms with E-state index in [0.29, 0.717) is 5.02 Å². The van der Waals surface area contributed by atoms with E-state index in [4.69, 9.17) is 11.6 Å². The SMILES string of the molecule is Cc1cc(=O)n2c(n1)sc1ccc(Cl)c(C)c12. The Morgan fingerprint density at radius 3 is 2.88 bits per heavy atom. The summed E-state index contributed by atoms with van der Waals surface area (Å²) in [6, 6.07) is 5.32. The minimum absolute atomic E-state index is 0.0517. The second-order valence-electron chi connectivity index (χ2n) is 3.97. The van der Waals surface area contributed by atoms with Crippen LogP contribution in [0.15, 0.2) is 23.0 Å². The lowest BCUT2D eigenvalue weighted by Crippen LogP contribution is -2.13. The molecule has 0 spiro atoms. The van der Waals surface area contributed by atoms with Crippen LogP contribution in [0.1, 0.15) is 11.3 Å². The summed E-state index contributed by atoms with van der Waals surface area (Å²) in [6.45, 7) is 3.74. The Morgan fingerprint density at radius 2 is 2.12 bits per heavy atom. The predicted molar refractivity (Wildman–Crippen MR) is 71.3 cm³/mol. The number of rotatable bonds is 0. The van der Waals surface area contributed by atoms with E-state index in [1.54, 1.807) is 10.5 Å². The second-order valence-corrected chi connectivity index (χ2v) is 5.39. The van der Waals surface area contributed by atoms with Gasteiger partial charge in [0.2, 0.25) is 0 Å². The molecule has 1 aromatic carbocycles. The van der Waals surface area contributed by atoms with Crippen LogP contribution in [0.25, 0.3) is 15.2 Å². The normalized spacial score (nSPS) is 11.5. The molecular formula is C12H9ClN2OS. The Morgan fingerprint density at radius 1 is 1.35 bits per heavy atom. The molecule has 5 heteroatoms. The number of aromatic nitrogens is 2. The minimum Gasteiger partial charge on any atom is -0.269 e. The van der Waals surface area contributed by atoms with Crippen LogP contribution in [-0.4, -0.2) is 9.38 Å². The highest BCUT2D eigenvalue weighted by Gasteiger charge is 2.12. The van der Waals surface area contributed by atoms with Gasteiger partial charge in [-0.2, -0.15) is 0 Å². The highest BCUT2D eigenvalue weighted by Crippen LogP contribution is 2.30. The first-order chi connectivity index (χ1) is 8.08. The Balaban J connectivity index is 2.67. The Bertz CT molecular complexity index is 803. The van der Waals surface area contributed by atoms with Gasteiger partial charge in [0.1, 0.15) is 0 Å². The fourth-order valence-electron chi connectivity index (χ4n) is 1.95. The van der Waals surface area contributed by atoms with Crippen LogP contribution in [0.3, 0.4) is 0 Å². The number of thiazole rings is 1. The maximum absolute atomic E-state index is 12.0. The van der Waals surface area contributed by atoms with Gasteiger partial charge in [-0.15, -0.1) is 0 Å². The summed E-state index contributed by atoms with van der Waals surface area (Å²) < 4.78 is 2.66. The molecule has 0 saturated carbocycles. The first-order valence-electron chi connectivity index (χ1n) is 5.16. The largest absolute Gasteiger partial charge is 0.269 e. The van der Waals surface area contributed by atoms with Crippen LogP contribution in [0.5, 0.6) is 0 Å². The lowest BCUT2D eigenvalue weighted by Gasteiger charge is -2.01. The van der Waals surface area contributed by atoms with Gasteiger partial charge < -0.3 is 0 Å². The van der Waals surface area contributed by atoms with Crippen LogP contribution >= 0.6 is 22.9 Å². The topological polar surface area (TPSA) is 34.4 Å². The van der Waals surface area contributed by atoms with Gasteiger partial charge in [0, 0.05) is 16.8 Å². The maximum atomic E-state index is 12.0. The van der Waals surface area contributed by atoms with E-state index in [-0.39, 0.29) is 5.56 Å². The van der Waals surface area contributed by atoms with Crippen molar-refractivity contribution >= 4 is 38.1 Å². The van der Waals surface area contributed by atoms with Crippen LogP contribution in [-0.2, 0) is 0 Å². The van der Waals surface area contributed by atoms with Crippen molar-refractivity contribution in [2.24, 2.45) is 0 Å². The molecule has 3 rings (SSSR count). The number of hydrogen-bond acceptors (Lipinski definition) is 3. The fourth-order valence-corrected chi connectivity index (χ4v) is 3.24. The summed E-state index contributed by atoms with van der Waals surface area (Å²) in [5.74, 6) is 0. The monoisotopic (exact) mass is 264 g/mol. The van der Waals surface area contributed by atoms with E-state index in [1.807, 2.05) is 26.0 Å². The molecule has 3 nitrogen and oxygen atoms in total. The molecule has 0 radical (unpaired) electrons. The van der Waals surface area contributed by atoms with Gasteiger partial charge in [-0.25, -0.2) is 4.98 Å².